The van der Waals surface area contributed by atoms with Gasteiger partial charge >= 0.3 is 12.4 Å². The Hall–Kier alpha value is -3.32. The highest BCUT2D eigenvalue weighted by molar-refractivity contribution is 6.76. The fourth-order valence-electron chi connectivity index (χ4n) is 4.33. The van der Waals surface area contributed by atoms with Gasteiger partial charge in [-0.05, 0) is 25.8 Å². The zero-order valence-electron chi connectivity index (χ0n) is 25.1. The number of carbonyl (C=O) groups is 1. The largest absolute Gasteiger partial charge is 0.423 e. The highest BCUT2D eigenvalue weighted by Gasteiger charge is 2.39. The molecule has 2 N–H and O–H groups in total. The molecule has 11 nitrogen and oxygen atoms in total. The van der Waals surface area contributed by atoms with E-state index in [1.807, 2.05) is 5.48 Å². The molecule has 1 saturated heterocycles. The number of carbonyl (C=O) groups excluding carboxylic acids is 1. The lowest BCUT2D eigenvalue weighted by molar-refractivity contribution is -0.141. The predicted octanol–water partition coefficient (Wildman–Crippen LogP) is 4.49. The third-order valence-corrected chi connectivity index (χ3v) is 8.60. The van der Waals surface area contributed by atoms with Crippen LogP contribution in [0.25, 0.3) is 0 Å². The maximum absolute atomic E-state index is 14.8. The van der Waals surface area contributed by atoms with Crippen LogP contribution in [0, 0.1) is 5.92 Å². The summed E-state index contributed by atoms with van der Waals surface area (Å²) in [5.41, 5.74) is -2.51. The number of nitrogens with zero attached hydrogens (tertiary/aromatic N) is 5. The molecule has 1 amide bonds. The van der Waals surface area contributed by atoms with Gasteiger partial charge in [0.1, 0.15) is 12.3 Å². The lowest BCUT2D eigenvalue weighted by Gasteiger charge is -2.33. The monoisotopic (exact) mass is 671 g/mol. The molecular weight excluding hydrogens is 635 g/mol. The highest BCUT2D eigenvalue weighted by atomic mass is 28.3. The second-order valence-corrected chi connectivity index (χ2v) is 17.5. The van der Waals surface area contributed by atoms with Crippen LogP contribution in [0.15, 0.2) is 23.4 Å². The minimum atomic E-state index is -5.01. The number of piperidine rings is 1. The Balaban J connectivity index is 1.48. The standard InChI is InChI=1S/C26H36F7N7O4Si/c1-16(37-19-13-36-40(15-43-9-10-45(2,3)4)23(42)20(19)26(31,32)33)14-44-38-22(41)21(27)17-5-7-39(8-6-17)24-34-11-18(12-35-24)25(28,29)30/h11-13,16-17,21,37H,5-10,14-15H2,1-4H3,(H,38,41)/t16?,21-/m0/s1. The zero-order chi connectivity index (χ0) is 33.6. The summed E-state index contributed by atoms with van der Waals surface area (Å²) in [6.07, 6.45) is -9.04. The quantitative estimate of drug-likeness (QED) is 0.137. The normalized spacial score (nSPS) is 16.4. The van der Waals surface area contributed by atoms with Crippen molar-refractivity contribution < 1.29 is 45.1 Å². The van der Waals surface area contributed by atoms with E-state index in [-0.39, 0.29) is 45.1 Å². The molecule has 45 heavy (non-hydrogen) atoms. The third-order valence-electron chi connectivity index (χ3n) is 6.90. The topological polar surface area (TPSA) is 124 Å². The molecule has 0 aliphatic carbocycles. The van der Waals surface area contributed by atoms with Gasteiger partial charge in [-0.2, -0.15) is 31.4 Å². The van der Waals surface area contributed by atoms with Gasteiger partial charge in [-0.1, -0.05) is 19.6 Å². The highest BCUT2D eigenvalue weighted by Crippen LogP contribution is 2.32. The van der Waals surface area contributed by atoms with E-state index >= 15 is 0 Å². The Labute approximate surface area is 255 Å². The maximum atomic E-state index is 14.8. The second-order valence-electron chi connectivity index (χ2n) is 11.9. The molecule has 2 aromatic rings. The summed E-state index contributed by atoms with van der Waals surface area (Å²) in [7, 11) is -1.45. The first-order valence-corrected chi connectivity index (χ1v) is 17.8. The number of ether oxygens (including phenoxy) is 1. The number of anilines is 2. The van der Waals surface area contributed by atoms with Crippen molar-refractivity contribution >= 4 is 25.6 Å². The van der Waals surface area contributed by atoms with Crippen molar-refractivity contribution in [3.63, 3.8) is 0 Å². The lowest BCUT2D eigenvalue weighted by Crippen LogP contribution is -2.43. The Morgan fingerprint density at radius 2 is 1.69 bits per heavy atom. The van der Waals surface area contributed by atoms with Crippen LogP contribution in [0.2, 0.25) is 25.7 Å². The maximum Gasteiger partial charge on any atom is 0.423 e. The smallest absolute Gasteiger partial charge is 0.378 e. The molecule has 1 fully saturated rings. The van der Waals surface area contributed by atoms with E-state index in [1.54, 1.807) is 4.90 Å². The van der Waals surface area contributed by atoms with Gasteiger partial charge in [-0.25, -0.2) is 24.5 Å². The van der Waals surface area contributed by atoms with E-state index in [4.69, 9.17) is 9.57 Å². The molecule has 1 aliphatic rings. The van der Waals surface area contributed by atoms with Crippen molar-refractivity contribution in [2.24, 2.45) is 5.92 Å². The van der Waals surface area contributed by atoms with Gasteiger partial charge < -0.3 is 15.0 Å². The van der Waals surface area contributed by atoms with Crippen LogP contribution >= 0.6 is 0 Å². The summed E-state index contributed by atoms with van der Waals surface area (Å²) in [5, 5.41) is 6.26. The minimum Gasteiger partial charge on any atom is -0.378 e. The first-order chi connectivity index (χ1) is 20.9. The zero-order valence-corrected chi connectivity index (χ0v) is 26.1. The summed E-state index contributed by atoms with van der Waals surface area (Å²) >= 11 is 0. The Kier molecular flexibility index (Phi) is 11.9. The number of hydrogen-bond acceptors (Lipinski definition) is 9. The van der Waals surface area contributed by atoms with Crippen LogP contribution in [0.3, 0.4) is 0 Å². The molecule has 1 aliphatic heterocycles. The molecule has 252 valence electrons. The minimum absolute atomic E-state index is 0.0538. The number of rotatable bonds is 13. The van der Waals surface area contributed by atoms with E-state index in [2.05, 4.69) is 40.0 Å². The Morgan fingerprint density at radius 3 is 2.24 bits per heavy atom. The lowest BCUT2D eigenvalue weighted by atomic mass is 9.92. The van der Waals surface area contributed by atoms with Crippen LogP contribution in [0.4, 0.5) is 42.4 Å². The summed E-state index contributed by atoms with van der Waals surface area (Å²) in [6.45, 7) is 7.58. The summed E-state index contributed by atoms with van der Waals surface area (Å²) in [6, 6.07) is -0.118. The molecule has 0 radical (unpaired) electrons. The SMILES string of the molecule is CC(CONC(=O)[C@@H](F)C1CCN(c2ncc(C(F)(F)F)cn2)CC1)Nc1cnn(COCC[Si](C)(C)C)c(=O)c1C(F)(F)F. The summed E-state index contributed by atoms with van der Waals surface area (Å²) in [4.78, 5) is 38.9. The van der Waals surface area contributed by atoms with Crippen molar-refractivity contribution in [1.29, 1.82) is 0 Å². The van der Waals surface area contributed by atoms with Gasteiger partial charge in [-0.3, -0.25) is 14.4 Å². The number of nitrogens with one attached hydrogen (secondary N) is 2. The number of halogens is 7. The average molecular weight is 672 g/mol. The van der Waals surface area contributed by atoms with E-state index in [1.165, 1.54) is 6.92 Å². The van der Waals surface area contributed by atoms with Crippen molar-refractivity contribution in [2.45, 2.75) is 76.7 Å². The molecule has 0 spiro atoms. The van der Waals surface area contributed by atoms with E-state index in [0.717, 1.165) is 12.2 Å². The molecule has 3 heterocycles. The molecule has 2 atom stereocenters. The molecule has 19 heteroatoms. The second kappa shape index (κ2) is 14.8. The van der Waals surface area contributed by atoms with E-state index in [0.29, 0.717) is 17.1 Å². The van der Waals surface area contributed by atoms with Gasteiger partial charge in [0.25, 0.3) is 11.5 Å². The van der Waals surface area contributed by atoms with Crippen LogP contribution in [-0.4, -0.2) is 72.2 Å². The molecule has 3 rings (SSSR count). The average Bonchev–Trinajstić information content (AvgIpc) is 2.94. The van der Waals surface area contributed by atoms with Crippen molar-refractivity contribution in [3.05, 3.63) is 40.1 Å². The van der Waals surface area contributed by atoms with Crippen LogP contribution < -0.4 is 21.3 Å². The van der Waals surface area contributed by atoms with Gasteiger partial charge in [-0.15, -0.1) is 0 Å². The number of hydroxylamine groups is 1. The van der Waals surface area contributed by atoms with Gasteiger partial charge in [0.15, 0.2) is 6.17 Å². The van der Waals surface area contributed by atoms with Gasteiger partial charge in [0.2, 0.25) is 5.95 Å². The van der Waals surface area contributed by atoms with Gasteiger partial charge in [0.05, 0.1) is 24.1 Å². The van der Waals surface area contributed by atoms with Crippen molar-refractivity contribution in [1.82, 2.24) is 25.2 Å². The Bertz CT molecular complexity index is 1330. The number of hydrogen-bond donors (Lipinski definition) is 2. The van der Waals surface area contributed by atoms with Crippen molar-refractivity contribution in [2.75, 3.05) is 36.5 Å². The number of alkyl halides is 7. The predicted molar refractivity (Wildman–Crippen MR) is 152 cm³/mol. The number of aromatic nitrogens is 4. The summed E-state index contributed by atoms with van der Waals surface area (Å²) in [5.74, 6) is -1.76. The van der Waals surface area contributed by atoms with E-state index < -0.39 is 73.6 Å². The molecule has 2 aromatic heterocycles. The van der Waals surface area contributed by atoms with Crippen LogP contribution in [-0.2, 0) is 33.5 Å². The van der Waals surface area contributed by atoms with Crippen molar-refractivity contribution in [3.8, 4) is 0 Å². The third kappa shape index (κ3) is 10.6. The number of amides is 1. The van der Waals surface area contributed by atoms with Crippen LogP contribution in [0.5, 0.6) is 0 Å². The first-order valence-electron chi connectivity index (χ1n) is 14.1. The molecule has 0 bridgehead atoms. The Morgan fingerprint density at radius 1 is 1.07 bits per heavy atom. The van der Waals surface area contributed by atoms with Crippen LogP contribution in [0.1, 0.15) is 30.9 Å². The molecule has 0 saturated carbocycles. The van der Waals surface area contributed by atoms with E-state index in [9.17, 15) is 40.3 Å². The fourth-order valence-corrected chi connectivity index (χ4v) is 5.09. The fraction of sp³-hybridized carbons (Fsp3) is 0.654. The molecule has 0 aromatic carbocycles. The summed E-state index contributed by atoms with van der Waals surface area (Å²) < 4.78 is 100. The molecular formula is C26H36F7N7O4Si. The van der Waals surface area contributed by atoms with Gasteiger partial charge in [0, 0.05) is 52.1 Å². The molecule has 1 unspecified atom stereocenters. The first kappa shape index (κ1) is 36.1.